The van der Waals surface area contributed by atoms with E-state index in [4.69, 9.17) is 5.11 Å². The minimum atomic E-state index is -1.23. The highest BCUT2D eigenvalue weighted by molar-refractivity contribution is 5.92. The smallest absolute Gasteiger partial charge is 0.328 e. The van der Waals surface area contributed by atoms with Crippen LogP contribution in [0.2, 0.25) is 0 Å². The first-order valence-corrected chi connectivity index (χ1v) is 5.49. The molecule has 0 aliphatic rings. The van der Waals surface area contributed by atoms with Gasteiger partial charge in [0.1, 0.15) is 5.82 Å². The summed E-state index contributed by atoms with van der Waals surface area (Å²) in [6.07, 6.45) is 0. The van der Waals surface area contributed by atoms with E-state index in [9.17, 15) is 14.0 Å². The van der Waals surface area contributed by atoms with Crippen LogP contribution in [-0.4, -0.2) is 36.9 Å². The minimum absolute atomic E-state index is 0.0148. The molecule has 7 heteroatoms. The molecule has 0 heterocycles. The summed E-state index contributed by atoms with van der Waals surface area (Å²) in [5.41, 5.74) is 0.752. The number of amides is 2. The maximum Gasteiger partial charge on any atom is 0.328 e. The zero-order chi connectivity index (χ0) is 14.4. The Bertz CT molecular complexity index is 479. The van der Waals surface area contributed by atoms with Crippen LogP contribution in [0.5, 0.6) is 0 Å². The summed E-state index contributed by atoms with van der Waals surface area (Å²) >= 11 is 0. The average molecular weight is 270 g/mol. The number of carboxylic acids is 1. The Morgan fingerprint density at radius 3 is 2.74 bits per heavy atom. The number of carbonyl (C=O) groups excluding carboxylic acids is 1. The van der Waals surface area contributed by atoms with Gasteiger partial charge in [-0.1, -0.05) is 6.07 Å². The first kappa shape index (κ1) is 14.9. The largest absolute Gasteiger partial charge is 0.480 e. The number of methoxy groups -OCH3 is 1. The van der Waals surface area contributed by atoms with Crippen molar-refractivity contribution in [3.63, 3.8) is 0 Å². The minimum Gasteiger partial charge on any atom is -0.480 e. The molecule has 0 radical (unpaired) electrons. The lowest BCUT2D eigenvalue weighted by molar-refractivity contribution is -0.140. The molecule has 1 unspecified atom stereocenters. The number of hydrogen-bond acceptors (Lipinski definition) is 3. The second-order valence-electron chi connectivity index (χ2n) is 3.93. The third-order valence-corrected chi connectivity index (χ3v) is 2.31. The molecule has 104 valence electrons. The molecule has 0 saturated heterocycles. The number of carbonyl (C=O) groups is 2. The van der Waals surface area contributed by atoms with Crippen molar-refractivity contribution in [2.24, 2.45) is 0 Å². The third-order valence-electron chi connectivity index (χ3n) is 2.31. The van der Waals surface area contributed by atoms with E-state index in [1.54, 1.807) is 13.0 Å². The van der Waals surface area contributed by atoms with Crippen molar-refractivity contribution < 1.29 is 23.8 Å². The number of anilines is 1. The van der Waals surface area contributed by atoms with Crippen molar-refractivity contribution in [3.8, 4) is 0 Å². The summed E-state index contributed by atoms with van der Waals surface area (Å²) in [5.74, 6) is -1.83. The van der Waals surface area contributed by atoms with Gasteiger partial charge in [0.15, 0.2) is 6.04 Å². The monoisotopic (exact) mass is 270 g/mol. The van der Waals surface area contributed by atoms with Crippen LogP contribution in [0, 0.1) is 12.7 Å². The van der Waals surface area contributed by atoms with Crippen LogP contribution in [0.4, 0.5) is 14.9 Å². The fraction of sp³-hybridized carbons (Fsp3) is 0.333. The average Bonchev–Trinajstić information content (AvgIpc) is 2.33. The number of hydrogen-bond donors (Lipinski definition) is 3. The van der Waals surface area contributed by atoms with Gasteiger partial charge in [0, 0.05) is 7.11 Å². The first-order valence-electron chi connectivity index (χ1n) is 5.49. The second kappa shape index (κ2) is 6.69. The Morgan fingerprint density at radius 2 is 2.16 bits per heavy atom. The molecule has 1 rings (SSSR count). The van der Waals surface area contributed by atoms with Gasteiger partial charge in [-0.05, 0) is 24.6 Å². The van der Waals surface area contributed by atoms with Crippen LogP contribution < -0.4 is 10.6 Å². The van der Waals surface area contributed by atoms with Crippen LogP contribution >= 0.6 is 0 Å². The Hall–Kier alpha value is -2.15. The Morgan fingerprint density at radius 1 is 1.47 bits per heavy atom. The van der Waals surface area contributed by atoms with Gasteiger partial charge in [-0.15, -0.1) is 0 Å². The maximum absolute atomic E-state index is 13.4. The van der Waals surface area contributed by atoms with E-state index in [0.717, 1.165) is 5.56 Å². The first-order chi connectivity index (χ1) is 8.93. The molecule has 1 aromatic rings. The van der Waals surface area contributed by atoms with Crippen LogP contribution in [-0.2, 0) is 9.53 Å². The van der Waals surface area contributed by atoms with Crippen molar-refractivity contribution in [2.45, 2.75) is 13.0 Å². The molecule has 19 heavy (non-hydrogen) atoms. The summed E-state index contributed by atoms with van der Waals surface area (Å²) in [7, 11) is 1.32. The number of halogens is 1. The molecular formula is C12H15FN2O4. The normalized spacial score (nSPS) is 11.7. The number of aryl methyl sites for hydroxylation is 1. The van der Waals surface area contributed by atoms with Crippen LogP contribution in [0.3, 0.4) is 0 Å². The molecule has 1 aromatic carbocycles. The fourth-order valence-electron chi connectivity index (χ4n) is 1.39. The number of ether oxygens (including phenoxy) is 1. The Labute approximate surface area is 109 Å². The molecule has 1 atom stereocenters. The zero-order valence-corrected chi connectivity index (χ0v) is 10.6. The Balaban J connectivity index is 2.68. The molecule has 6 nitrogen and oxygen atoms in total. The molecule has 3 N–H and O–H groups in total. The van der Waals surface area contributed by atoms with E-state index in [1.807, 2.05) is 0 Å². The van der Waals surface area contributed by atoms with Crippen molar-refractivity contribution in [1.82, 2.24) is 5.32 Å². The van der Waals surface area contributed by atoms with Crippen LogP contribution in [0.1, 0.15) is 5.56 Å². The SMILES string of the molecule is COCC(NC(=O)Nc1cc(C)ccc1F)C(=O)O. The summed E-state index contributed by atoms with van der Waals surface area (Å²) in [4.78, 5) is 22.4. The van der Waals surface area contributed by atoms with Gasteiger partial charge in [-0.3, -0.25) is 0 Å². The van der Waals surface area contributed by atoms with Crippen molar-refractivity contribution in [3.05, 3.63) is 29.6 Å². The number of aliphatic carboxylic acids is 1. The predicted octanol–water partition coefficient (Wildman–Crippen LogP) is 1.36. The van der Waals surface area contributed by atoms with Crippen molar-refractivity contribution in [1.29, 1.82) is 0 Å². The zero-order valence-electron chi connectivity index (χ0n) is 10.6. The standard InChI is InChI=1S/C12H15FN2O4/c1-7-3-4-8(13)9(5-7)14-12(18)15-10(6-19-2)11(16)17/h3-5,10H,6H2,1-2H3,(H,16,17)(H2,14,15,18). The molecule has 0 aliphatic carbocycles. The van der Waals surface area contributed by atoms with Gasteiger partial charge < -0.3 is 20.5 Å². The quantitative estimate of drug-likeness (QED) is 0.753. The molecule has 0 bridgehead atoms. The number of rotatable bonds is 5. The number of urea groups is 1. The van der Waals surface area contributed by atoms with Gasteiger partial charge in [0.25, 0.3) is 0 Å². The molecule has 2 amide bonds. The van der Waals surface area contributed by atoms with E-state index in [-0.39, 0.29) is 12.3 Å². The van der Waals surface area contributed by atoms with Gasteiger partial charge in [-0.25, -0.2) is 14.0 Å². The molecule has 0 fully saturated rings. The van der Waals surface area contributed by atoms with Crippen molar-refractivity contribution in [2.75, 3.05) is 19.0 Å². The highest BCUT2D eigenvalue weighted by Gasteiger charge is 2.20. The molecule has 0 aromatic heterocycles. The molecule has 0 spiro atoms. The van der Waals surface area contributed by atoms with E-state index in [1.165, 1.54) is 19.2 Å². The maximum atomic E-state index is 13.4. The highest BCUT2D eigenvalue weighted by Crippen LogP contribution is 2.15. The Kier molecular flexibility index (Phi) is 5.25. The van der Waals surface area contributed by atoms with Gasteiger partial charge in [0.2, 0.25) is 0 Å². The molecular weight excluding hydrogens is 255 g/mol. The number of benzene rings is 1. The van der Waals surface area contributed by atoms with Crippen molar-refractivity contribution >= 4 is 17.7 Å². The number of carboxylic acid groups (broad SMARTS) is 1. The van der Waals surface area contributed by atoms with Gasteiger partial charge in [0.05, 0.1) is 12.3 Å². The summed E-state index contributed by atoms with van der Waals surface area (Å²) in [6, 6.07) is 2.21. The van der Waals surface area contributed by atoms with Gasteiger partial charge in [-0.2, -0.15) is 0 Å². The molecule has 0 aliphatic heterocycles. The van der Waals surface area contributed by atoms with E-state index in [0.29, 0.717) is 0 Å². The van der Waals surface area contributed by atoms with Crippen LogP contribution in [0.25, 0.3) is 0 Å². The molecule has 0 saturated carbocycles. The lowest BCUT2D eigenvalue weighted by Crippen LogP contribution is -2.45. The summed E-state index contributed by atoms with van der Waals surface area (Å²) < 4.78 is 18.1. The van der Waals surface area contributed by atoms with E-state index in [2.05, 4.69) is 15.4 Å². The van der Waals surface area contributed by atoms with E-state index < -0.39 is 23.9 Å². The third kappa shape index (κ3) is 4.55. The topological polar surface area (TPSA) is 87.7 Å². The second-order valence-corrected chi connectivity index (χ2v) is 3.93. The predicted molar refractivity (Wildman–Crippen MR) is 66.6 cm³/mol. The lowest BCUT2D eigenvalue weighted by atomic mass is 10.2. The fourth-order valence-corrected chi connectivity index (χ4v) is 1.39. The summed E-state index contributed by atoms with van der Waals surface area (Å²) in [6.45, 7) is 1.56. The highest BCUT2D eigenvalue weighted by atomic mass is 19.1. The summed E-state index contributed by atoms with van der Waals surface area (Å²) in [5, 5.41) is 13.2. The van der Waals surface area contributed by atoms with E-state index >= 15 is 0 Å². The van der Waals surface area contributed by atoms with Gasteiger partial charge >= 0.3 is 12.0 Å². The van der Waals surface area contributed by atoms with Crippen LogP contribution in [0.15, 0.2) is 18.2 Å². The lowest BCUT2D eigenvalue weighted by Gasteiger charge is -2.14. The number of nitrogens with one attached hydrogen (secondary N) is 2.